The Morgan fingerprint density at radius 3 is 2.82 bits per heavy atom. The molecular weight excluding hydrogens is 136 g/mol. The Labute approximate surface area is 69.5 Å². The monoisotopic (exact) mass is 154 g/mol. The first-order valence-corrected chi connectivity index (χ1v) is 4.50. The summed E-state index contributed by atoms with van der Waals surface area (Å²) in [6.45, 7) is 9.01. The first-order chi connectivity index (χ1) is 5.36. The average molecular weight is 154 g/mol. The minimum atomic E-state index is 1.11. The van der Waals surface area contributed by atoms with Crippen LogP contribution >= 0.6 is 0 Å². The lowest BCUT2D eigenvalue weighted by Crippen LogP contribution is -2.38. The Bertz CT molecular complexity index is 132. The molecule has 1 heterocycles. The second-order valence-electron chi connectivity index (χ2n) is 3.01. The Balaban J connectivity index is 2.32. The number of nitrogens with zero attached hydrogens (tertiary/aromatic N) is 2. The molecule has 0 aliphatic carbocycles. The summed E-state index contributed by atoms with van der Waals surface area (Å²) in [4.78, 5) is 4.79. The zero-order valence-corrected chi connectivity index (χ0v) is 7.58. The average Bonchev–Trinajstić information content (AvgIpc) is 2.06. The van der Waals surface area contributed by atoms with E-state index in [1.54, 1.807) is 0 Å². The number of rotatable bonds is 3. The maximum absolute atomic E-state index is 2.46. The highest BCUT2D eigenvalue weighted by atomic mass is 15.3. The molecule has 0 amide bonds. The predicted octanol–water partition coefficient (Wildman–Crippen LogP) is 1.51. The van der Waals surface area contributed by atoms with Crippen LogP contribution in [0.25, 0.3) is 0 Å². The third-order valence-corrected chi connectivity index (χ3v) is 2.01. The molecule has 0 aromatic carbocycles. The zero-order valence-electron chi connectivity index (χ0n) is 7.58. The molecule has 0 spiro atoms. The fourth-order valence-corrected chi connectivity index (χ4v) is 1.39. The van der Waals surface area contributed by atoms with Crippen molar-refractivity contribution in [3.63, 3.8) is 0 Å². The van der Waals surface area contributed by atoms with E-state index < -0.39 is 0 Å². The van der Waals surface area contributed by atoms with Gasteiger partial charge >= 0.3 is 0 Å². The van der Waals surface area contributed by atoms with Gasteiger partial charge in [-0.05, 0) is 26.1 Å². The highest BCUT2D eigenvalue weighted by Gasteiger charge is 2.08. The van der Waals surface area contributed by atoms with Crippen molar-refractivity contribution < 1.29 is 0 Å². The van der Waals surface area contributed by atoms with Crippen LogP contribution in [0.3, 0.4) is 0 Å². The first kappa shape index (κ1) is 8.60. The molecule has 2 nitrogen and oxygen atoms in total. The molecule has 1 rings (SSSR count). The summed E-state index contributed by atoms with van der Waals surface area (Å²) in [5.41, 5.74) is 0. The maximum atomic E-state index is 2.46. The highest BCUT2D eigenvalue weighted by molar-refractivity contribution is 4.89. The van der Waals surface area contributed by atoms with Gasteiger partial charge in [-0.1, -0.05) is 13.0 Å². The van der Waals surface area contributed by atoms with Gasteiger partial charge in [0.05, 0.1) is 6.67 Å². The Hall–Kier alpha value is -0.500. The Morgan fingerprint density at radius 1 is 1.36 bits per heavy atom. The van der Waals surface area contributed by atoms with Crippen LogP contribution in [0.4, 0.5) is 0 Å². The van der Waals surface area contributed by atoms with E-state index in [1.807, 2.05) is 0 Å². The van der Waals surface area contributed by atoms with Gasteiger partial charge in [0, 0.05) is 13.1 Å². The highest BCUT2D eigenvalue weighted by Crippen LogP contribution is 2.02. The van der Waals surface area contributed by atoms with Gasteiger partial charge in [-0.25, -0.2) is 0 Å². The largest absolute Gasteiger partial charge is 0.365 e. The maximum Gasteiger partial charge on any atom is 0.0703 e. The van der Waals surface area contributed by atoms with Crippen LogP contribution in [0.2, 0.25) is 0 Å². The van der Waals surface area contributed by atoms with Gasteiger partial charge in [0.15, 0.2) is 0 Å². The van der Waals surface area contributed by atoms with E-state index in [0.29, 0.717) is 0 Å². The standard InChI is InChI=1S/C9H18N2/c1-3-6-11-8-5-7-10(4-2)9-11/h5,7H,3-4,6,8-9H2,1-2H3. The lowest BCUT2D eigenvalue weighted by molar-refractivity contribution is 0.175. The molecule has 0 saturated carbocycles. The Morgan fingerprint density at radius 2 is 2.18 bits per heavy atom. The summed E-state index contributed by atoms with van der Waals surface area (Å²) >= 11 is 0. The van der Waals surface area contributed by atoms with Crippen molar-refractivity contribution in [1.29, 1.82) is 0 Å². The zero-order chi connectivity index (χ0) is 8.10. The van der Waals surface area contributed by atoms with E-state index in [-0.39, 0.29) is 0 Å². The van der Waals surface area contributed by atoms with E-state index in [2.05, 4.69) is 35.9 Å². The Kier molecular flexibility index (Phi) is 3.43. The van der Waals surface area contributed by atoms with Crippen LogP contribution in [0, 0.1) is 0 Å². The summed E-state index contributed by atoms with van der Waals surface area (Å²) in [6, 6.07) is 0. The van der Waals surface area contributed by atoms with Crippen LogP contribution in [-0.2, 0) is 0 Å². The van der Waals surface area contributed by atoms with Gasteiger partial charge in [-0.15, -0.1) is 0 Å². The summed E-state index contributed by atoms with van der Waals surface area (Å²) < 4.78 is 0. The van der Waals surface area contributed by atoms with Crippen molar-refractivity contribution >= 4 is 0 Å². The second-order valence-corrected chi connectivity index (χ2v) is 3.01. The van der Waals surface area contributed by atoms with Crippen molar-refractivity contribution in [2.45, 2.75) is 20.3 Å². The van der Waals surface area contributed by atoms with Crippen molar-refractivity contribution in [1.82, 2.24) is 9.80 Å². The summed E-state index contributed by atoms with van der Waals surface area (Å²) in [7, 11) is 0. The molecule has 64 valence electrons. The fraction of sp³-hybridized carbons (Fsp3) is 0.778. The van der Waals surface area contributed by atoms with E-state index >= 15 is 0 Å². The fourth-order valence-electron chi connectivity index (χ4n) is 1.39. The van der Waals surface area contributed by atoms with Gasteiger partial charge in [0.2, 0.25) is 0 Å². The summed E-state index contributed by atoms with van der Waals surface area (Å²) in [6.07, 6.45) is 5.69. The minimum Gasteiger partial charge on any atom is -0.365 e. The molecule has 0 N–H and O–H groups in total. The predicted molar refractivity (Wildman–Crippen MR) is 48.3 cm³/mol. The van der Waals surface area contributed by atoms with E-state index in [9.17, 15) is 0 Å². The molecular formula is C9H18N2. The molecule has 0 atom stereocenters. The minimum absolute atomic E-state index is 1.11. The first-order valence-electron chi connectivity index (χ1n) is 4.50. The van der Waals surface area contributed by atoms with Crippen LogP contribution in [-0.4, -0.2) is 36.1 Å². The van der Waals surface area contributed by atoms with Gasteiger partial charge in [0.1, 0.15) is 0 Å². The van der Waals surface area contributed by atoms with Crippen molar-refractivity contribution in [2.24, 2.45) is 0 Å². The van der Waals surface area contributed by atoms with Crippen LogP contribution in [0.15, 0.2) is 12.3 Å². The molecule has 0 unspecified atom stereocenters. The lowest BCUT2D eigenvalue weighted by atomic mass is 10.3. The lowest BCUT2D eigenvalue weighted by Gasteiger charge is -2.31. The summed E-state index contributed by atoms with van der Waals surface area (Å²) in [5.74, 6) is 0. The molecule has 0 saturated heterocycles. The topological polar surface area (TPSA) is 6.48 Å². The second kappa shape index (κ2) is 4.39. The van der Waals surface area contributed by atoms with E-state index in [1.165, 1.54) is 13.0 Å². The van der Waals surface area contributed by atoms with E-state index in [4.69, 9.17) is 0 Å². The van der Waals surface area contributed by atoms with Gasteiger partial charge < -0.3 is 4.90 Å². The van der Waals surface area contributed by atoms with Crippen molar-refractivity contribution in [3.05, 3.63) is 12.3 Å². The van der Waals surface area contributed by atoms with Crippen LogP contribution in [0.1, 0.15) is 20.3 Å². The molecule has 2 heteroatoms. The van der Waals surface area contributed by atoms with Crippen LogP contribution in [0.5, 0.6) is 0 Å². The van der Waals surface area contributed by atoms with Gasteiger partial charge in [-0.3, -0.25) is 4.90 Å². The van der Waals surface area contributed by atoms with E-state index in [0.717, 1.165) is 19.8 Å². The molecule has 0 aromatic heterocycles. The van der Waals surface area contributed by atoms with Crippen molar-refractivity contribution in [2.75, 3.05) is 26.3 Å². The molecule has 11 heavy (non-hydrogen) atoms. The normalized spacial score (nSPS) is 19.3. The molecule has 1 aliphatic heterocycles. The number of hydrogen-bond donors (Lipinski definition) is 0. The third kappa shape index (κ3) is 2.54. The molecule has 1 aliphatic rings. The van der Waals surface area contributed by atoms with Gasteiger partial charge in [0.25, 0.3) is 0 Å². The quantitative estimate of drug-likeness (QED) is 0.608. The third-order valence-electron chi connectivity index (χ3n) is 2.01. The smallest absolute Gasteiger partial charge is 0.0703 e. The molecule has 0 radical (unpaired) electrons. The molecule has 0 aromatic rings. The molecule has 0 bridgehead atoms. The molecule has 0 fully saturated rings. The summed E-state index contributed by atoms with van der Waals surface area (Å²) in [5, 5.41) is 0. The number of hydrogen-bond acceptors (Lipinski definition) is 2. The van der Waals surface area contributed by atoms with Crippen molar-refractivity contribution in [3.8, 4) is 0 Å². The van der Waals surface area contributed by atoms with Gasteiger partial charge in [-0.2, -0.15) is 0 Å². The van der Waals surface area contributed by atoms with Crippen LogP contribution < -0.4 is 0 Å². The SMILES string of the molecule is CCCN1CC=CN(CC)C1.